The third-order valence-corrected chi connectivity index (χ3v) is 2.54. The maximum Gasteiger partial charge on any atom is 0.220 e. The second kappa shape index (κ2) is 2.92. The Bertz CT molecular complexity index is 258. The third kappa shape index (κ3) is 1.47. The molecule has 1 amide bonds. The summed E-state index contributed by atoms with van der Waals surface area (Å²) in [5.41, 5.74) is 7.92. The van der Waals surface area contributed by atoms with Crippen molar-refractivity contribution in [3.63, 3.8) is 0 Å². The van der Waals surface area contributed by atoms with E-state index < -0.39 is 0 Å². The number of nitrogens with zero attached hydrogens (tertiary/aromatic N) is 1. The maximum absolute atomic E-state index is 10.7. The van der Waals surface area contributed by atoms with Gasteiger partial charge in [-0.3, -0.25) is 9.80 Å². The second-order valence-corrected chi connectivity index (χ2v) is 3.56. The van der Waals surface area contributed by atoms with Crippen molar-refractivity contribution in [3.8, 4) is 0 Å². The standard InChI is InChI=1S/C8H13N3O2/c1-5-4-11(10-13-5)7-2-6(3-7)8(9)12/h4,6-7,10H,2-3H2,1H3,(H2,9,12). The second-order valence-electron chi connectivity index (χ2n) is 3.56. The van der Waals surface area contributed by atoms with Crippen LogP contribution < -0.4 is 11.3 Å². The van der Waals surface area contributed by atoms with Gasteiger partial charge in [0.05, 0.1) is 6.20 Å². The lowest BCUT2D eigenvalue weighted by molar-refractivity contribution is -0.128. The van der Waals surface area contributed by atoms with Crippen LogP contribution in [0, 0.1) is 5.92 Å². The Balaban J connectivity index is 1.84. The van der Waals surface area contributed by atoms with E-state index in [0.29, 0.717) is 6.04 Å². The molecule has 5 heteroatoms. The molecule has 0 aromatic rings. The van der Waals surface area contributed by atoms with Crippen LogP contribution in [0.2, 0.25) is 0 Å². The molecule has 13 heavy (non-hydrogen) atoms. The first-order valence-electron chi connectivity index (χ1n) is 4.35. The molecule has 1 aliphatic heterocycles. The summed E-state index contributed by atoms with van der Waals surface area (Å²) in [5, 5.41) is 1.88. The van der Waals surface area contributed by atoms with Crippen LogP contribution in [0.4, 0.5) is 0 Å². The van der Waals surface area contributed by atoms with Gasteiger partial charge in [0.2, 0.25) is 5.91 Å². The number of nitrogens with one attached hydrogen (secondary N) is 1. The van der Waals surface area contributed by atoms with Crippen molar-refractivity contribution in [2.24, 2.45) is 11.7 Å². The maximum atomic E-state index is 10.7. The molecule has 1 aliphatic carbocycles. The Kier molecular flexibility index (Phi) is 1.88. The number of hydrazine groups is 1. The zero-order valence-corrected chi connectivity index (χ0v) is 7.49. The summed E-state index contributed by atoms with van der Waals surface area (Å²) in [7, 11) is 0. The SMILES string of the molecule is CC1=CN(C2CC(C(N)=O)C2)NO1. The molecule has 0 radical (unpaired) electrons. The largest absolute Gasteiger partial charge is 0.392 e. The summed E-state index contributed by atoms with van der Waals surface area (Å²) < 4.78 is 0. The van der Waals surface area contributed by atoms with Crippen molar-refractivity contribution < 1.29 is 9.63 Å². The van der Waals surface area contributed by atoms with Gasteiger partial charge in [-0.2, -0.15) is 0 Å². The van der Waals surface area contributed by atoms with E-state index in [1.165, 1.54) is 0 Å². The van der Waals surface area contributed by atoms with Crippen LogP contribution in [0.5, 0.6) is 0 Å². The van der Waals surface area contributed by atoms with Gasteiger partial charge in [0.25, 0.3) is 0 Å². The summed E-state index contributed by atoms with van der Waals surface area (Å²) in [6.07, 6.45) is 3.52. The number of hydrogen-bond acceptors (Lipinski definition) is 4. The highest BCUT2D eigenvalue weighted by Crippen LogP contribution is 2.32. The number of carbonyl (C=O) groups is 1. The van der Waals surface area contributed by atoms with E-state index in [4.69, 9.17) is 10.6 Å². The number of allylic oxidation sites excluding steroid dienone is 1. The van der Waals surface area contributed by atoms with Gasteiger partial charge in [-0.1, -0.05) is 5.59 Å². The lowest BCUT2D eigenvalue weighted by Gasteiger charge is -2.38. The highest BCUT2D eigenvalue weighted by Gasteiger charge is 2.37. The van der Waals surface area contributed by atoms with Crippen molar-refractivity contribution in [2.75, 3.05) is 0 Å². The Hall–Kier alpha value is -1.23. The van der Waals surface area contributed by atoms with Gasteiger partial charge >= 0.3 is 0 Å². The van der Waals surface area contributed by atoms with Gasteiger partial charge in [-0.15, -0.1) is 0 Å². The molecule has 0 aromatic heterocycles. The predicted octanol–water partition coefficient (Wildman–Crippen LogP) is -0.137. The zero-order valence-electron chi connectivity index (χ0n) is 7.49. The molecular weight excluding hydrogens is 170 g/mol. The minimum absolute atomic E-state index is 0.0427. The minimum Gasteiger partial charge on any atom is -0.392 e. The molecule has 0 bridgehead atoms. The molecule has 0 unspecified atom stereocenters. The predicted molar refractivity (Wildman–Crippen MR) is 45.5 cm³/mol. The average Bonchev–Trinajstić information content (AvgIpc) is 2.31. The summed E-state index contributed by atoms with van der Waals surface area (Å²) in [6, 6.07) is 0.343. The molecule has 1 heterocycles. The number of hydrogen-bond donors (Lipinski definition) is 2. The number of carbonyl (C=O) groups excluding carboxylic acids is 1. The van der Waals surface area contributed by atoms with E-state index in [9.17, 15) is 4.79 Å². The minimum atomic E-state index is -0.197. The van der Waals surface area contributed by atoms with E-state index in [2.05, 4.69) is 5.59 Å². The zero-order chi connectivity index (χ0) is 9.42. The number of nitrogens with two attached hydrogens (primary N) is 1. The topological polar surface area (TPSA) is 67.6 Å². The first-order valence-corrected chi connectivity index (χ1v) is 4.35. The monoisotopic (exact) mass is 183 g/mol. The summed E-state index contributed by atoms with van der Waals surface area (Å²) in [4.78, 5) is 15.8. The van der Waals surface area contributed by atoms with Gasteiger partial charge in [-0.25, -0.2) is 0 Å². The molecule has 1 fully saturated rings. The molecule has 5 nitrogen and oxygen atoms in total. The van der Waals surface area contributed by atoms with Gasteiger partial charge in [0.15, 0.2) is 0 Å². The third-order valence-electron chi connectivity index (χ3n) is 2.54. The fraction of sp³-hybridized carbons (Fsp3) is 0.625. The Morgan fingerprint density at radius 3 is 2.92 bits per heavy atom. The van der Waals surface area contributed by atoms with E-state index in [1.807, 2.05) is 18.1 Å². The smallest absolute Gasteiger partial charge is 0.220 e. The van der Waals surface area contributed by atoms with Crippen LogP contribution in [0.15, 0.2) is 12.0 Å². The van der Waals surface area contributed by atoms with Crippen molar-refractivity contribution >= 4 is 5.91 Å². The van der Waals surface area contributed by atoms with Gasteiger partial charge in [0, 0.05) is 12.0 Å². The molecule has 0 saturated heterocycles. The van der Waals surface area contributed by atoms with Gasteiger partial charge in [-0.05, 0) is 19.8 Å². The van der Waals surface area contributed by atoms with Crippen LogP contribution in [-0.4, -0.2) is 17.0 Å². The summed E-state index contributed by atoms with van der Waals surface area (Å²) >= 11 is 0. The molecule has 3 N–H and O–H groups in total. The summed E-state index contributed by atoms with van der Waals surface area (Å²) in [6.45, 7) is 1.87. The lowest BCUT2D eigenvalue weighted by atomic mass is 9.79. The van der Waals surface area contributed by atoms with Crippen molar-refractivity contribution in [1.29, 1.82) is 0 Å². The van der Waals surface area contributed by atoms with Crippen LogP contribution in [0.1, 0.15) is 19.8 Å². The van der Waals surface area contributed by atoms with Gasteiger partial charge in [0.1, 0.15) is 5.76 Å². The normalized spacial score (nSPS) is 32.1. The molecule has 2 rings (SSSR count). The fourth-order valence-corrected chi connectivity index (χ4v) is 1.60. The molecule has 1 saturated carbocycles. The number of primary amides is 1. The number of amides is 1. The molecular formula is C8H13N3O2. The highest BCUT2D eigenvalue weighted by molar-refractivity contribution is 5.77. The van der Waals surface area contributed by atoms with E-state index in [-0.39, 0.29) is 11.8 Å². The fourth-order valence-electron chi connectivity index (χ4n) is 1.60. The van der Waals surface area contributed by atoms with Crippen molar-refractivity contribution in [2.45, 2.75) is 25.8 Å². The molecule has 0 spiro atoms. The first-order chi connectivity index (χ1) is 6.16. The first kappa shape index (κ1) is 8.37. The van der Waals surface area contributed by atoms with E-state index >= 15 is 0 Å². The quantitative estimate of drug-likeness (QED) is 0.625. The molecule has 2 aliphatic rings. The van der Waals surface area contributed by atoms with Crippen molar-refractivity contribution in [3.05, 3.63) is 12.0 Å². The Morgan fingerprint density at radius 2 is 2.46 bits per heavy atom. The van der Waals surface area contributed by atoms with Gasteiger partial charge < -0.3 is 10.6 Å². The van der Waals surface area contributed by atoms with Crippen LogP contribution in [0.3, 0.4) is 0 Å². The average molecular weight is 183 g/mol. The molecule has 0 atom stereocenters. The number of rotatable bonds is 2. The molecule has 72 valence electrons. The van der Waals surface area contributed by atoms with E-state index in [1.54, 1.807) is 0 Å². The Morgan fingerprint density at radius 1 is 1.77 bits per heavy atom. The van der Waals surface area contributed by atoms with E-state index in [0.717, 1.165) is 18.6 Å². The van der Waals surface area contributed by atoms with Crippen LogP contribution in [0.25, 0.3) is 0 Å². The Labute approximate surface area is 76.4 Å². The van der Waals surface area contributed by atoms with Crippen LogP contribution in [-0.2, 0) is 9.63 Å². The lowest BCUT2D eigenvalue weighted by Crippen LogP contribution is -2.49. The van der Waals surface area contributed by atoms with Crippen LogP contribution >= 0.6 is 0 Å². The molecule has 0 aromatic carbocycles. The van der Waals surface area contributed by atoms with Crippen molar-refractivity contribution in [1.82, 2.24) is 10.6 Å². The highest BCUT2D eigenvalue weighted by atomic mass is 16.7. The summed E-state index contributed by atoms with van der Waals surface area (Å²) in [5.74, 6) is 0.681.